The molecule has 3 aromatic rings. The molecule has 1 fully saturated rings. The van der Waals surface area contributed by atoms with Gasteiger partial charge >= 0.3 is 6.18 Å². The number of aromatic nitrogens is 5. The summed E-state index contributed by atoms with van der Waals surface area (Å²) in [5, 5.41) is 12.3. The number of halogens is 3. The van der Waals surface area contributed by atoms with Gasteiger partial charge in [-0.3, -0.25) is 0 Å². The standard InChI is InChI=1S/C19H18F3N5O2/c1-28-15-9-13(8-14(10-15)19(20,21)22)17-23-11-27(26-17)7-6-16-24-25-18(29-16)12-4-2-3-5-12/h6-12H,2-5H2,1H3. The van der Waals surface area contributed by atoms with Gasteiger partial charge in [0, 0.05) is 23.8 Å². The number of rotatable bonds is 5. The SMILES string of the molecule is COc1cc(-c2ncn(C=Cc3nnc(C4CCCC4)o3)n2)cc(C(F)(F)F)c1. The van der Waals surface area contributed by atoms with Crippen molar-refractivity contribution < 1.29 is 22.3 Å². The first kappa shape index (κ1) is 19.2. The van der Waals surface area contributed by atoms with Crippen LogP contribution in [0.5, 0.6) is 5.75 Å². The first-order valence-corrected chi connectivity index (χ1v) is 9.12. The molecule has 0 spiro atoms. The Hall–Kier alpha value is -3.17. The number of hydrogen-bond donors (Lipinski definition) is 0. The van der Waals surface area contributed by atoms with Crippen molar-refractivity contribution in [3.63, 3.8) is 0 Å². The third-order valence-corrected chi connectivity index (χ3v) is 4.77. The predicted molar refractivity (Wildman–Crippen MR) is 97.7 cm³/mol. The molecule has 1 saturated carbocycles. The first-order valence-electron chi connectivity index (χ1n) is 9.12. The lowest BCUT2D eigenvalue weighted by Crippen LogP contribution is -2.05. The van der Waals surface area contributed by atoms with E-state index in [0.29, 0.717) is 17.7 Å². The Morgan fingerprint density at radius 2 is 1.97 bits per heavy atom. The minimum atomic E-state index is -4.50. The van der Waals surface area contributed by atoms with E-state index in [1.54, 1.807) is 12.3 Å². The molecule has 10 heteroatoms. The fourth-order valence-corrected chi connectivity index (χ4v) is 3.28. The number of hydrogen-bond acceptors (Lipinski definition) is 6. The molecule has 2 aromatic heterocycles. The summed E-state index contributed by atoms with van der Waals surface area (Å²) >= 11 is 0. The zero-order valence-corrected chi connectivity index (χ0v) is 15.6. The van der Waals surface area contributed by atoms with Crippen LogP contribution in [0.1, 0.15) is 48.9 Å². The number of methoxy groups -OCH3 is 1. The molecule has 1 aliphatic carbocycles. The quantitative estimate of drug-likeness (QED) is 0.615. The number of benzene rings is 1. The van der Waals surface area contributed by atoms with Crippen molar-refractivity contribution in [2.24, 2.45) is 0 Å². The van der Waals surface area contributed by atoms with Crippen molar-refractivity contribution >= 4 is 12.3 Å². The number of alkyl halides is 3. The van der Waals surface area contributed by atoms with Gasteiger partial charge in [0.2, 0.25) is 11.8 Å². The first-order chi connectivity index (χ1) is 13.9. The second-order valence-electron chi connectivity index (χ2n) is 6.77. The van der Waals surface area contributed by atoms with E-state index in [0.717, 1.165) is 25.0 Å². The summed E-state index contributed by atoms with van der Waals surface area (Å²) in [6.07, 6.45) is 4.45. The second-order valence-corrected chi connectivity index (χ2v) is 6.77. The van der Waals surface area contributed by atoms with E-state index in [4.69, 9.17) is 9.15 Å². The Balaban J connectivity index is 1.53. The molecule has 7 nitrogen and oxygen atoms in total. The zero-order chi connectivity index (χ0) is 20.4. The normalized spacial score (nSPS) is 15.4. The van der Waals surface area contributed by atoms with Gasteiger partial charge < -0.3 is 9.15 Å². The van der Waals surface area contributed by atoms with Gasteiger partial charge in [-0.25, -0.2) is 9.67 Å². The molecule has 1 aliphatic rings. The maximum Gasteiger partial charge on any atom is 0.416 e. The van der Waals surface area contributed by atoms with Gasteiger partial charge in [-0.15, -0.1) is 15.3 Å². The Labute approximate surface area is 164 Å². The molecule has 1 aromatic carbocycles. The maximum atomic E-state index is 13.1. The minimum Gasteiger partial charge on any atom is -0.497 e. The third kappa shape index (κ3) is 4.30. The summed E-state index contributed by atoms with van der Waals surface area (Å²) in [5.41, 5.74) is -0.630. The molecular formula is C19H18F3N5O2. The molecule has 4 rings (SSSR count). The van der Waals surface area contributed by atoms with E-state index in [9.17, 15) is 13.2 Å². The summed E-state index contributed by atoms with van der Waals surface area (Å²) in [5.74, 6) is 1.50. The van der Waals surface area contributed by atoms with Crippen LogP contribution in [0.2, 0.25) is 0 Å². The third-order valence-electron chi connectivity index (χ3n) is 4.77. The van der Waals surface area contributed by atoms with E-state index in [2.05, 4.69) is 20.3 Å². The predicted octanol–water partition coefficient (Wildman–Crippen LogP) is 4.64. The van der Waals surface area contributed by atoms with Crippen molar-refractivity contribution in [1.82, 2.24) is 25.0 Å². The van der Waals surface area contributed by atoms with Crippen molar-refractivity contribution in [1.29, 1.82) is 0 Å². The number of ether oxygens (including phenoxy) is 1. The van der Waals surface area contributed by atoms with Crippen LogP contribution < -0.4 is 4.74 Å². The van der Waals surface area contributed by atoms with Crippen LogP contribution in [-0.4, -0.2) is 32.1 Å². The summed E-state index contributed by atoms with van der Waals surface area (Å²) in [6.45, 7) is 0. The van der Waals surface area contributed by atoms with Crippen LogP contribution in [-0.2, 0) is 6.18 Å². The molecule has 152 valence electrons. The van der Waals surface area contributed by atoms with Crippen LogP contribution in [0.4, 0.5) is 13.2 Å². The fourth-order valence-electron chi connectivity index (χ4n) is 3.28. The average Bonchev–Trinajstić information content (AvgIpc) is 3.46. The van der Waals surface area contributed by atoms with Crippen molar-refractivity contribution in [2.45, 2.75) is 37.8 Å². The molecule has 0 N–H and O–H groups in total. The molecule has 0 radical (unpaired) electrons. The van der Waals surface area contributed by atoms with Crippen LogP contribution in [0.15, 0.2) is 28.9 Å². The summed E-state index contributed by atoms with van der Waals surface area (Å²) in [6, 6.07) is 3.36. The highest BCUT2D eigenvalue weighted by Gasteiger charge is 2.32. The summed E-state index contributed by atoms with van der Waals surface area (Å²) < 4.78 is 51.3. The van der Waals surface area contributed by atoms with Gasteiger partial charge in [0.15, 0.2) is 5.82 Å². The molecule has 2 heterocycles. The van der Waals surface area contributed by atoms with Gasteiger partial charge in [0.05, 0.1) is 12.7 Å². The highest BCUT2D eigenvalue weighted by Crippen LogP contribution is 2.35. The summed E-state index contributed by atoms with van der Waals surface area (Å²) in [7, 11) is 1.30. The van der Waals surface area contributed by atoms with E-state index in [1.165, 1.54) is 37.0 Å². The highest BCUT2D eigenvalue weighted by molar-refractivity contribution is 5.60. The molecule has 0 unspecified atom stereocenters. The van der Waals surface area contributed by atoms with Crippen LogP contribution >= 0.6 is 0 Å². The molecule has 0 saturated heterocycles. The van der Waals surface area contributed by atoms with Gasteiger partial charge in [0.25, 0.3) is 0 Å². The Morgan fingerprint density at radius 1 is 1.17 bits per heavy atom. The largest absolute Gasteiger partial charge is 0.497 e. The van der Waals surface area contributed by atoms with Crippen molar-refractivity contribution in [3.05, 3.63) is 41.9 Å². The fraction of sp³-hybridized carbons (Fsp3) is 0.368. The van der Waals surface area contributed by atoms with E-state index in [-0.39, 0.29) is 17.1 Å². The van der Waals surface area contributed by atoms with Gasteiger partial charge in [0.1, 0.15) is 12.1 Å². The van der Waals surface area contributed by atoms with Crippen LogP contribution in [0, 0.1) is 0 Å². The lowest BCUT2D eigenvalue weighted by atomic mass is 10.1. The molecule has 0 amide bonds. The Morgan fingerprint density at radius 3 is 2.69 bits per heavy atom. The Kier molecular flexibility index (Phi) is 5.08. The number of nitrogens with zero attached hydrogens (tertiary/aromatic N) is 5. The monoisotopic (exact) mass is 405 g/mol. The van der Waals surface area contributed by atoms with Gasteiger partial charge in [-0.2, -0.15) is 13.2 Å². The van der Waals surface area contributed by atoms with E-state index < -0.39 is 11.7 Å². The molecule has 0 aliphatic heterocycles. The minimum absolute atomic E-state index is 0.0759. The molecule has 0 atom stereocenters. The van der Waals surface area contributed by atoms with Crippen LogP contribution in [0.25, 0.3) is 23.7 Å². The summed E-state index contributed by atoms with van der Waals surface area (Å²) in [4.78, 5) is 4.08. The molecular weight excluding hydrogens is 387 g/mol. The highest BCUT2D eigenvalue weighted by atomic mass is 19.4. The topological polar surface area (TPSA) is 78.9 Å². The lowest BCUT2D eigenvalue weighted by molar-refractivity contribution is -0.137. The van der Waals surface area contributed by atoms with Crippen LogP contribution in [0.3, 0.4) is 0 Å². The van der Waals surface area contributed by atoms with Crippen molar-refractivity contribution in [3.8, 4) is 17.1 Å². The van der Waals surface area contributed by atoms with E-state index in [1.807, 2.05) is 0 Å². The smallest absolute Gasteiger partial charge is 0.416 e. The molecule has 29 heavy (non-hydrogen) atoms. The molecule has 0 bridgehead atoms. The van der Waals surface area contributed by atoms with E-state index >= 15 is 0 Å². The maximum absolute atomic E-state index is 13.1. The van der Waals surface area contributed by atoms with Gasteiger partial charge in [-0.05, 0) is 31.0 Å². The average molecular weight is 405 g/mol. The zero-order valence-electron chi connectivity index (χ0n) is 15.6. The van der Waals surface area contributed by atoms with Crippen molar-refractivity contribution in [2.75, 3.05) is 7.11 Å². The Bertz CT molecular complexity index is 1020. The lowest BCUT2D eigenvalue weighted by Gasteiger charge is -2.10. The second kappa shape index (κ2) is 7.69. The van der Waals surface area contributed by atoms with Gasteiger partial charge in [-0.1, -0.05) is 12.8 Å².